The van der Waals surface area contributed by atoms with Crippen molar-refractivity contribution in [3.05, 3.63) is 35.2 Å². The Morgan fingerprint density at radius 2 is 1.78 bits per heavy atom. The molecule has 0 spiro atoms. The zero-order valence-corrected chi connectivity index (χ0v) is 16.9. The van der Waals surface area contributed by atoms with Gasteiger partial charge in [0.05, 0.1) is 0 Å². The molecule has 0 radical (unpaired) electrons. The second kappa shape index (κ2) is 8.22. The SMILES string of the molecule is Cn1nc(Br)c2c(Oc3ccc(OCCN4CCCCC4)cc3)ncnc21. The Hall–Kier alpha value is -2.19. The third-order valence-corrected chi connectivity index (χ3v) is 5.26. The lowest BCUT2D eigenvalue weighted by Gasteiger charge is -2.26. The van der Waals surface area contributed by atoms with Gasteiger partial charge in [-0.15, -0.1) is 0 Å². The smallest absolute Gasteiger partial charge is 0.234 e. The second-order valence-corrected chi connectivity index (χ2v) is 7.37. The van der Waals surface area contributed by atoms with Crippen molar-refractivity contribution in [1.29, 1.82) is 0 Å². The fourth-order valence-corrected chi connectivity index (χ4v) is 3.87. The highest BCUT2D eigenvalue weighted by Crippen LogP contribution is 2.32. The van der Waals surface area contributed by atoms with Crippen molar-refractivity contribution < 1.29 is 9.47 Å². The minimum Gasteiger partial charge on any atom is -0.492 e. The predicted octanol–water partition coefficient (Wildman–Crippen LogP) is 3.78. The highest BCUT2D eigenvalue weighted by molar-refractivity contribution is 9.10. The van der Waals surface area contributed by atoms with Crippen LogP contribution in [0.25, 0.3) is 11.0 Å². The van der Waals surface area contributed by atoms with E-state index in [4.69, 9.17) is 9.47 Å². The first-order valence-corrected chi connectivity index (χ1v) is 9.96. The number of halogens is 1. The number of nitrogens with zero attached hydrogens (tertiary/aromatic N) is 5. The first-order valence-electron chi connectivity index (χ1n) is 9.17. The molecule has 4 rings (SSSR count). The summed E-state index contributed by atoms with van der Waals surface area (Å²) in [6, 6.07) is 7.60. The zero-order chi connectivity index (χ0) is 18.6. The summed E-state index contributed by atoms with van der Waals surface area (Å²) >= 11 is 3.44. The van der Waals surface area contributed by atoms with E-state index in [1.807, 2.05) is 31.3 Å². The van der Waals surface area contributed by atoms with Gasteiger partial charge < -0.3 is 9.47 Å². The van der Waals surface area contributed by atoms with E-state index < -0.39 is 0 Å². The van der Waals surface area contributed by atoms with E-state index in [-0.39, 0.29) is 0 Å². The molecule has 0 amide bonds. The summed E-state index contributed by atoms with van der Waals surface area (Å²) in [5.74, 6) is 2.00. The Morgan fingerprint density at radius 3 is 2.56 bits per heavy atom. The van der Waals surface area contributed by atoms with Crippen molar-refractivity contribution in [2.45, 2.75) is 19.3 Å². The van der Waals surface area contributed by atoms with Gasteiger partial charge >= 0.3 is 0 Å². The van der Waals surface area contributed by atoms with Gasteiger partial charge in [-0.1, -0.05) is 6.42 Å². The maximum absolute atomic E-state index is 5.94. The Bertz CT molecular complexity index is 906. The highest BCUT2D eigenvalue weighted by atomic mass is 79.9. The highest BCUT2D eigenvalue weighted by Gasteiger charge is 2.15. The van der Waals surface area contributed by atoms with Crippen molar-refractivity contribution in [1.82, 2.24) is 24.6 Å². The standard InChI is InChI=1S/C19H22BrN5O2/c1-24-18-16(17(20)23-24)19(22-13-21-18)27-15-7-5-14(6-8-15)26-12-11-25-9-3-2-4-10-25/h5-8,13H,2-4,9-12H2,1H3. The Morgan fingerprint density at radius 1 is 1.04 bits per heavy atom. The summed E-state index contributed by atoms with van der Waals surface area (Å²) in [4.78, 5) is 11.0. The van der Waals surface area contributed by atoms with Crippen molar-refractivity contribution in [2.75, 3.05) is 26.2 Å². The number of piperidine rings is 1. The minimum atomic E-state index is 0.471. The number of fused-ring (bicyclic) bond motifs is 1. The molecular weight excluding hydrogens is 410 g/mol. The molecule has 7 nitrogen and oxygen atoms in total. The molecule has 0 saturated carbocycles. The van der Waals surface area contributed by atoms with Gasteiger partial charge in [-0.2, -0.15) is 5.10 Å². The number of likely N-dealkylation sites (tertiary alicyclic amines) is 1. The summed E-state index contributed by atoms with van der Waals surface area (Å²) in [5, 5.41) is 5.06. The van der Waals surface area contributed by atoms with E-state index in [1.54, 1.807) is 4.68 Å². The summed E-state index contributed by atoms with van der Waals surface area (Å²) in [7, 11) is 1.83. The van der Waals surface area contributed by atoms with Gasteiger partial charge in [0.15, 0.2) is 5.65 Å². The lowest BCUT2D eigenvalue weighted by atomic mass is 10.1. The van der Waals surface area contributed by atoms with Crippen molar-refractivity contribution >= 4 is 27.0 Å². The van der Waals surface area contributed by atoms with Gasteiger partial charge in [-0.05, 0) is 66.1 Å². The molecule has 8 heteroatoms. The van der Waals surface area contributed by atoms with Crippen molar-refractivity contribution in [2.24, 2.45) is 7.05 Å². The normalized spacial score (nSPS) is 15.2. The predicted molar refractivity (Wildman–Crippen MR) is 106 cm³/mol. The quantitative estimate of drug-likeness (QED) is 0.591. The van der Waals surface area contributed by atoms with Crippen molar-refractivity contribution in [3.8, 4) is 17.4 Å². The van der Waals surface area contributed by atoms with Crippen LogP contribution >= 0.6 is 15.9 Å². The third-order valence-electron chi connectivity index (χ3n) is 4.71. The molecule has 1 aliphatic rings. The van der Waals surface area contributed by atoms with Gasteiger partial charge in [-0.3, -0.25) is 4.90 Å². The van der Waals surface area contributed by atoms with Crippen LogP contribution in [0, 0.1) is 0 Å². The number of rotatable bonds is 6. The summed E-state index contributed by atoms with van der Waals surface area (Å²) in [6.45, 7) is 4.06. The number of ether oxygens (including phenoxy) is 2. The van der Waals surface area contributed by atoms with Gasteiger partial charge in [0, 0.05) is 13.6 Å². The molecule has 142 valence electrons. The van der Waals surface area contributed by atoms with Crippen LogP contribution in [-0.2, 0) is 7.05 Å². The van der Waals surface area contributed by atoms with Crippen LogP contribution in [-0.4, -0.2) is 50.9 Å². The molecule has 0 aliphatic carbocycles. The van der Waals surface area contributed by atoms with Gasteiger partial charge in [-0.25, -0.2) is 14.6 Å². The molecule has 0 unspecified atom stereocenters. The van der Waals surface area contributed by atoms with Crippen molar-refractivity contribution in [3.63, 3.8) is 0 Å². The molecule has 2 aromatic heterocycles. The molecule has 1 fully saturated rings. The fraction of sp³-hybridized carbons (Fsp3) is 0.421. The average molecular weight is 432 g/mol. The first kappa shape index (κ1) is 18.2. The monoisotopic (exact) mass is 431 g/mol. The van der Waals surface area contributed by atoms with Crippen LogP contribution in [0.1, 0.15) is 19.3 Å². The van der Waals surface area contributed by atoms with E-state index in [9.17, 15) is 0 Å². The van der Waals surface area contributed by atoms with Gasteiger partial charge in [0.25, 0.3) is 0 Å². The van der Waals surface area contributed by atoms with Crippen LogP contribution in [0.15, 0.2) is 35.2 Å². The molecular formula is C19H22BrN5O2. The number of hydrogen-bond acceptors (Lipinski definition) is 6. The number of aromatic nitrogens is 4. The third kappa shape index (κ3) is 4.22. The number of aryl methyl sites for hydroxylation is 1. The van der Waals surface area contributed by atoms with E-state index in [0.29, 0.717) is 28.5 Å². The Labute approximate surface area is 166 Å². The number of benzene rings is 1. The zero-order valence-electron chi connectivity index (χ0n) is 15.3. The maximum Gasteiger partial charge on any atom is 0.234 e. The fourth-order valence-electron chi connectivity index (χ4n) is 3.28. The first-order chi connectivity index (χ1) is 13.2. The Kier molecular flexibility index (Phi) is 5.54. The summed E-state index contributed by atoms with van der Waals surface area (Å²) < 4.78 is 14.2. The topological polar surface area (TPSA) is 65.3 Å². The van der Waals surface area contributed by atoms with E-state index in [0.717, 1.165) is 17.7 Å². The Balaban J connectivity index is 1.38. The second-order valence-electron chi connectivity index (χ2n) is 6.62. The number of hydrogen-bond donors (Lipinski definition) is 0. The largest absolute Gasteiger partial charge is 0.492 e. The molecule has 1 aliphatic heterocycles. The molecule has 1 saturated heterocycles. The van der Waals surface area contributed by atoms with Gasteiger partial charge in [0.1, 0.15) is 34.4 Å². The lowest BCUT2D eigenvalue weighted by Crippen LogP contribution is -2.33. The lowest BCUT2D eigenvalue weighted by molar-refractivity contribution is 0.183. The maximum atomic E-state index is 5.94. The molecule has 3 aromatic rings. The van der Waals surface area contributed by atoms with Crippen LogP contribution in [0.5, 0.6) is 17.4 Å². The molecule has 0 bridgehead atoms. The summed E-state index contributed by atoms with van der Waals surface area (Å²) in [5.41, 5.74) is 0.713. The van der Waals surface area contributed by atoms with E-state index in [2.05, 4.69) is 35.9 Å². The average Bonchev–Trinajstić information content (AvgIpc) is 2.99. The van der Waals surface area contributed by atoms with Crippen LogP contribution < -0.4 is 9.47 Å². The van der Waals surface area contributed by atoms with E-state index >= 15 is 0 Å². The molecule has 27 heavy (non-hydrogen) atoms. The molecule has 3 heterocycles. The van der Waals surface area contributed by atoms with Crippen LogP contribution in [0.4, 0.5) is 0 Å². The van der Waals surface area contributed by atoms with E-state index in [1.165, 1.54) is 38.7 Å². The van der Waals surface area contributed by atoms with Crippen LogP contribution in [0.2, 0.25) is 0 Å². The van der Waals surface area contributed by atoms with Gasteiger partial charge in [0.2, 0.25) is 5.88 Å². The summed E-state index contributed by atoms with van der Waals surface area (Å²) in [6.07, 6.45) is 5.43. The minimum absolute atomic E-state index is 0.471. The molecule has 1 aromatic carbocycles. The van der Waals surface area contributed by atoms with Crippen LogP contribution in [0.3, 0.4) is 0 Å². The molecule has 0 N–H and O–H groups in total. The molecule has 0 atom stereocenters.